The maximum atomic E-state index is 13.3. The predicted octanol–water partition coefficient (Wildman–Crippen LogP) is 3.66. The number of nitrogens with zero attached hydrogens (tertiary/aromatic N) is 3. The van der Waals surface area contributed by atoms with Crippen LogP contribution in [0.15, 0.2) is 45.4 Å². The highest BCUT2D eigenvalue weighted by Crippen LogP contribution is 2.36. The van der Waals surface area contributed by atoms with E-state index < -0.39 is 11.6 Å². The summed E-state index contributed by atoms with van der Waals surface area (Å²) < 4.78 is 5.47. The fourth-order valence-electron chi connectivity index (χ4n) is 4.73. The van der Waals surface area contributed by atoms with Gasteiger partial charge >= 0.3 is 6.03 Å². The number of furan rings is 1. The fraction of sp³-hybridized carbons (Fsp3) is 0.455. The highest BCUT2D eigenvalue weighted by molar-refractivity contribution is 7.10. The second-order valence-electron chi connectivity index (χ2n) is 8.32. The molecule has 4 heterocycles. The normalized spacial score (nSPS) is 23.2. The van der Waals surface area contributed by atoms with Crippen LogP contribution in [0.3, 0.4) is 0 Å². The van der Waals surface area contributed by atoms with E-state index in [9.17, 15) is 14.4 Å². The molecule has 2 aromatic heterocycles. The molecule has 4 amide bonds. The topological polar surface area (TPSA) is 95.2 Å². The van der Waals surface area contributed by atoms with Crippen molar-refractivity contribution in [3.05, 3.63) is 46.5 Å². The lowest BCUT2D eigenvalue weighted by molar-refractivity contribution is -0.140. The molecule has 1 saturated carbocycles. The number of imide groups is 1. The predicted molar refractivity (Wildman–Crippen MR) is 114 cm³/mol. The zero-order valence-corrected chi connectivity index (χ0v) is 17.9. The molecule has 0 bridgehead atoms. The van der Waals surface area contributed by atoms with Gasteiger partial charge in [0.25, 0.3) is 11.8 Å². The molecule has 1 unspecified atom stereocenters. The molecule has 9 heteroatoms. The third kappa shape index (κ3) is 3.56. The first-order valence-electron chi connectivity index (χ1n) is 10.7. The number of hydrogen-bond donors (Lipinski definition) is 1. The van der Waals surface area contributed by atoms with Gasteiger partial charge in [0.2, 0.25) is 0 Å². The maximum absolute atomic E-state index is 13.3. The summed E-state index contributed by atoms with van der Waals surface area (Å²) in [6.07, 6.45) is 7.27. The van der Waals surface area contributed by atoms with Gasteiger partial charge in [-0.15, -0.1) is 11.3 Å². The Hall–Kier alpha value is -2.94. The van der Waals surface area contributed by atoms with E-state index >= 15 is 0 Å². The van der Waals surface area contributed by atoms with Crippen LogP contribution in [0.1, 0.15) is 61.6 Å². The molecule has 1 saturated heterocycles. The third-order valence-electron chi connectivity index (χ3n) is 6.34. The van der Waals surface area contributed by atoms with Gasteiger partial charge in [0.1, 0.15) is 23.6 Å². The molecule has 162 valence electrons. The van der Waals surface area contributed by atoms with E-state index in [1.807, 2.05) is 23.6 Å². The number of hydrogen-bond acceptors (Lipinski definition) is 6. The zero-order chi connectivity index (χ0) is 21.4. The van der Waals surface area contributed by atoms with Crippen molar-refractivity contribution in [1.29, 1.82) is 0 Å². The Kier molecular flexibility index (Phi) is 5.13. The molecule has 1 spiro atoms. The number of rotatable bonds is 4. The zero-order valence-electron chi connectivity index (χ0n) is 17.1. The van der Waals surface area contributed by atoms with E-state index in [-0.39, 0.29) is 24.4 Å². The van der Waals surface area contributed by atoms with Gasteiger partial charge in [-0.05, 0) is 36.4 Å². The van der Waals surface area contributed by atoms with Crippen LogP contribution in [-0.2, 0) is 9.59 Å². The summed E-state index contributed by atoms with van der Waals surface area (Å²) in [5.41, 5.74) is -0.177. The molecule has 0 radical (unpaired) electrons. The Balaban J connectivity index is 1.38. The standard InChI is InChI=1S/C22H24N4O4S/c27-19(14-25-20(28)22(23-21(25)29)9-3-1-2-4-10-22)26-16(18-8-6-12-31-18)13-15(24-26)17-7-5-11-30-17/h5-8,11-12,16H,1-4,9-10,13-14H2,(H,23,29). The molecule has 1 aliphatic carbocycles. The van der Waals surface area contributed by atoms with Crippen LogP contribution in [0.25, 0.3) is 0 Å². The van der Waals surface area contributed by atoms with Gasteiger partial charge in [0.15, 0.2) is 0 Å². The number of thiophene rings is 1. The summed E-state index contributed by atoms with van der Waals surface area (Å²) in [6.45, 7) is -0.316. The number of nitrogens with one attached hydrogen (secondary N) is 1. The van der Waals surface area contributed by atoms with Gasteiger partial charge in [0, 0.05) is 11.3 Å². The Bertz CT molecular complexity index is 1010. The van der Waals surface area contributed by atoms with Crippen molar-refractivity contribution in [2.45, 2.75) is 56.5 Å². The molecule has 31 heavy (non-hydrogen) atoms. The Morgan fingerprint density at radius 3 is 2.68 bits per heavy atom. The SMILES string of the molecule is O=C1NC2(CCCCCC2)C(=O)N1CC(=O)N1N=C(c2ccco2)CC1c1cccs1. The van der Waals surface area contributed by atoms with Crippen LogP contribution in [0.4, 0.5) is 4.79 Å². The van der Waals surface area contributed by atoms with E-state index in [1.165, 1.54) is 5.01 Å². The van der Waals surface area contributed by atoms with Crippen molar-refractivity contribution >= 4 is 34.9 Å². The van der Waals surface area contributed by atoms with Gasteiger partial charge in [-0.25, -0.2) is 9.80 Å². The molecule has 2 fully saturated rings. The van der Waals surface area contributed by atoms with Crippen molar-refractivity contribution < 1.29 is 18.8 Å². The third-order valence-corrected chi connectivity index (χ3v) is 7.31. The van der Waals surface area contributed by atoms with Crippen LogP contribution >= 0.6 is 11.3 Å². The number of carbonyl (C=O) groups excluding carboxylic acids is 3. The first-order chi connectivity index (χ1) is 15.1. The van der Waals surface area contributed by atoms with Crippen LogP contribution in [-0.4, -0.2) is 45.5 Å². The first kappa shape index (κ1) is 20.0. The lowest BCUT2D eigenvalue weighted by Crippen LogP contribution is -2.47. The molecule has 1 atom stereocenters. The van der Waals surface area contributed by atoms with Crippen LogP contribution in [0, 0.1) is 0 Å². The van der Waals surface area contributed by atoms with Gasteiger partial charge in [-0.1, -0.05) is 31.7 Å². The lowest BCUT2D eigenvalue weighted by atomic mass is 9.90. The number of urea groups is 1. The Morgan fingerprint density at radius 2 is 2.00 bits per heavy atom. The van der Waals surface area contributed by atoms with E-state index in [0.717, 1.165) is 35.5 Å². The van der Waals surface area contributed by atoms with E-state index in [2.05, 4.69) is 10.4 Å². The van der Waals surface area contributed by atoms with Crippen molar-refractivity contribution in [2.24, 2.45) is 5.10 Å². The van der Waals surface area contributed by atoms with Crippen molar-refractivity contribution in [3.63, 3.8) is 0 Å². The summed E-state index contributed by atoms with van der Waals surface area (Å²) in [4.78, 5) is 41.2. The summed E-state index contributed by atoms with van der Waals surface area (Å²) >= 11 is 1.55. The Morgan fingerprint density at radius 1 is 1.19 bits per heavy atom. The first-order valence-corrected chi connectivity index (χ1v) is 11.6. The summed E-state index contributed by atoms with van der Waals surface area (Å²) in [7, 11) is 0. The van der Waals surface area contributed by atoms with Gasteiger partial charge < -0.3 is 9.73 Å². The summed E-state index contributed by atoms with van der Waals surface area (Å²) in [5, 5.41) is 10.8. The van der Waals surface area contributed by atoms with E-state index in [1.54, 1.807) is 23.7 Å². The van der Waals surface area contributed by atoms with Gasteiger partial charge in [0.05, 0.1) is 12.3 Å². The maximum Gasteiger partial charge on any atom is 0.325 e. The van der Waals surface area contributed by atoms with Crippen molar-refractivity contribution in [1.82, 2.24) is 15.2 Å². The molecule has 2 aliphatic heterocycles. The van der Waals surface area contributed by atoms with Crippen LogP contribution in [0.2, 0.25) is 0 Å². The molecule has 3 aliphatic rings. The Labute approximate surface area is 183 Å². The van der Waals surface area contributed by atoms with E-state index in [4.69, 9.17) is 4.42 Å². The monoisotopic (exact) mass is 440 g/mol. The quantitative estimate of drug-likeness (QED) is 0.734. The number of carbonyl (C=O) groups is 3. The average Bonchev–Trinajstić information content (AvgIpc) is 3.53. The largest absolute Gasteiger partial charge is 0.463 e. The number of hydrazone groups is 1. The minimum atomic E-state index is -0.853. The molecule has 8 nitrogen and oxygen atoms in total. The average molecular weight is 441 g/mol. The smallest absolute Gasteiger partial charge is 0.325 e. The molecule has 1 N–H and O–H groups in total. The minimum absolute atomic E-state index is 0.278. The van der Waals surface area contributed by atoms with Crippen LogP contribution in [0.5, 0.6) is 0 Å². The molecule has 2 aromatic rings. The van der Waals surface area contributed by atoms with Crippen molar-refractivity contribution in [3.8, 4) is 0 Å². The minimum Gasteiger partial charge on any atom is -0.463 e. The van der Waals surface area contributed by atoms with Gasteiger partial charge in [-0.3, -0.25) is 14.5 Å². The van der Waals surface area contributed by atoms with E-state index in [0.29, 0.717) is 30.7 Å². The second-order valence-corrected chi connectivity index (χ2v) is 9.29. The molecular weight excluding hydrogens is 416 g/mol. The highest BCUT2D eigenvalue weighted by atomic mass is 32.1. The van der Waals surface area contributed by atoms with Crippen molar-refractivity contribution in [2.75, 3.05) is 6.54 Å². The summed E-state index contributed by atoms with van der Waals surface area (Å²) in [5.74, 6) is -0.0479. The lowest BCUT2D eigenvalue weighted by Gasteiger charge is -2.25. The molecular formula is C22H24N4O4S. The number of amides is 4. The molecule has 5 rings (SSSR count). The molecule has 0 aromatic carbocycles. The summed E-state index contributed by atoms with van der Waals surface area (Å²) in [6, 6.07) is 6.72. The second kappa shape index (κ2) is 7.96. The van der Waals surface area contributed by atoms with Gasteiger partial charge in [-0.2, -0.15) is 5.10 Å². The highest BCUT2D eigenvalue weighted by Gasteiger charge is 2.51. The fourth-order valence-corrected chi connectivity index (χ4v) is 5.54. The van der Waals surface area contributed by atoms with Crippen LogP contribution < -0.4 is 5.32 Å².